The number of hydrogen-bond acceptors (Lipinski definition) is 6. The van der Waals surface area contributed by atoms with Crippen molar-refractivity contribution in [3.8, 4) is 0 Å². The van der Waals surface area contributed by atoms with Crippen molar-refractivity contribution in [1.29, 1.82) is 0 Å². The normalized spacial score (nSPS) is 21.9. The number of aliphatic hydroxyl groups excluding tert-OH is 1. The number of nitrogens with one attached hydrogen (secondary N) is 1. The minimum atomic E-state index is -0.821. The van der Waals surface area contributed by atoms with Crippen LogP contribution in [-0.4, -0.2) is 65.9 Å². The maximum Gasteiger partial charge on any atom is 0.408 e. The average molecular weight is 302 g/mol. The topological polar surface area (TPSA) is 105 Å². The molecule has 8 nitrogen and oxygen atoms in total. The molecule has 2 amide bonds. The molecule has 1 heterocycles. The second kappa shape index (κ2) is 6.75. The Kier molecular flexibility index (Phi) is 5.54. The molecule has 8 heteroatoms. The summed E-state index contributed by atoms with van der Waals surface area (Å²) in [6.45, 7) is 4.85. The smallest absolute Gasteiger partial charge is 0.408 e. The summed E-state index contributed by atoms with van der Waals surface area (Å²) in [7, 11) is 1.22. The standard InChI is InChI=1S/C13H22N2O6/c1-13(2,3)21-12(19)14-6-10(17)15-7-8(16)5-9(15)11(18)20-4/h8-9,16H,5-7H2,1-4H3,(H,14,19)/t8?,9-/m0/s1. The van der Waals surface area contributed by atoms with Crippen molar-refractivity contribution >= 4 is 18.0 Å². The molecular weight excluding hydrogens is 280 g/mol. The van der Waals surface area contributed by atoms with Gasteiger partial charge in [0.25, 0.3) is 0 Å². The highest BCUT2D eigenvalue weighted by Crippen LogP contribution is 2.19. The van der Waals surface area contributed by atoms with Crippen LogP contribution in [0.25, 0.3) is 0 Å². The summed E-state index contributed by atoms with van der Waals surface area (Å²) in [6.07, 6.45) is -1.37. The van der Waals surface area contributed by atoms with Crippen molar-refractivity contribution in [1.82, 2.24) is 10.2 Å². The third kappa shape index (κ3) is 5.22. The molecule has 120 valence electrons. The molecule has 1 aliphatic heterocycles. The van der Waals surface area contributed by atoms with Crippen LogP contribution in [0.1, 0.15) is 27.2 Å². The van der Waals surface area contributed by atoms with Crippen molar-refractivity contribution < 1.29 is 29.0 Å². The van der Waals surface area contributed by atoms with Gasteiger partial charge in [0.1, 0.15) is 18.2 Å². The predicted molar refractivity (Wildman–Crippen MR) is 72.4 cm³/mol. The van der Waals surface area contributed by atoms with Crippen molar-refractivity contribution in [3.63, 3.8) is 0 Å². The van der Waals surface area contributed by atoms with E-state index in [4.69, 9.17) is 4.74 Å². The first-order chi connectivity index (χ1) is 9.64. The molecule has 0 aromatic heterocycles. The molecule has 1 aliphatic rings. The molecular formula is C13H22N2O6. The Morgan fingerprint density at radius 1 is 1.33 bits per heavy atom. The fourth-order valence-electron chi connectivity index (χ4n) is 2.01. The molecule has 2 atom stereocenters. The molecule has 0 bridgehead atoms. The van der Waals surface area contributed by atoms with Crippen LogP contribution < -0.4 is 5.32 Å². The number of hydrogen-bond donors (Lipinski definition) is 2. The fraction of sp³-hybridized carbons (Fsp3) is 0.769. The molecule has 0 aliphatic carbocycles. The van der Waals surface area contributed by atoms with Crippen LogP contribution in [-0.2, 0) is 19.1 Å². The molecule has 0 saturated carbocycles. The van der Waals surface area contributed by atoms with Crippen LogP contribution in [0.15, 0.2) is 0 Å². The highest BCUT2D eigenvalue weighted by molar-refractivity contribution is 5.88. The monoisotopic (exact) mass is 302 g/mol. The van der Waals surface area contributed by atoms with E-state index in [0.29, 0.717) is 0 Å². The number of carbonyl (C=O) groups excluding carboxylic acids is 3. The number of alkyl carbamates (subject to hydrolysis) is 1. The van der Waals surface area contributed by atoms with Crippen LogP contribution in [0.2, 0.25) is 0 Å². The minimum Gasteiger partial charge on any atom is -0.467 e. The van der Waals surface area contributed by atoms with Crippen molar-refractivity contribution in [2.45, 2.75) is 44.9 Å². The van der Waals surface area contributed by atoms with E-state index in [-0.39, 0.29) is 19.5 Å². The van der Waals surface area contributed by atoms with Gasteiger partial charge in [-0.15, -0.1) is 0 Å². The third-order valence-corrected chi connectivity index (χ3v) is 2.86. The van der Waals surface area contributed by atoms with Gasteiger partial charge in [-0.3, -0.25) is 4.79 Å². The summed E-state index contributed by atoms with van der Waals surface area (Å²) in [4.78, 5) is 36.3. The summed E-state index contributed by atoms with van der Waals surface area (Å²) < 4.78 is 9.60. The number of amides is 2. The van der Waals surface area contributed by atoms with Gasteiger partial charge in [-0.2, -0.15) is 0 Å². The summed E-state index contributed by atoms with van der Waals surface area (Å²) in [6, 6.07) is -0.821. The summed E-state index contributed by atoms with van der Waals surface area (Å²) in [5, 5.41) is 11.9. The number of carbonyl (C=O) groups is 3. The maximum atomic E-state index is 12.0. The lowest BCUT2D eigenvalue weighted by Gasteiger charge is -2.23. The Bertz CT molecular complexity index is 417. The van der Waals surface area contributed by atoms with Gasteiger partial charge >= 0.3 is 12.1 Å². The second-order valence-corrected chi connectivity index (χ2v) is 5.83. The summed E-state index contributed by atoms with van der Waals surface area (Å²) in [5.41, 5.74) is -0.661. The van der Waals surface area contributed by atoms with Gasteiger partial charge in [-0.25, -0.2) is 9.59 Å². The van der Waals surface area contributed by atoms with Gasteiger partial charge in [-0.05, 0) is 20.8 Å². The molecule has 1 unspecified atom stereocenters. The number of esters is 1. The van der Waals surface area contributed by atoms with Crippen LogP contribution in [0.3, 0.4) is 0 Å². The molecule has 21 heavy (non-hydrogen) atoms. The van der Waals surface area contributed by atoms with Gasteiger partial charge in [-0.1, -0.05) is 0 Å². The Morgan fingerprint density at radius 2 is 1.95 bits per heavy atom. The molecule has 2 N–H and O–H groups in total. The summed E-state index contributed by atoms with van der Waals surface area (Å²) >= 11 is 0. The van der Waals surface area contributed by atoms with Gasteiger partial charge in [0.15, 0.2) is 0 Å². The van der Waals surface area contributed by atoms with Crippen molar-refractivity contribution in [3.05, 3.63) is 0 Å². The number of nitrogens with zero attached hydrogens (tertiary/aromatic N) is 1. The van der Waals surface area contributed by atoms with E-state index in [1.54, 1.807) is 20.8 Å². The first-order valence-corrected chi connectivity index (χ1v) is 6.66. The van der Waals surface area contributed by atoms with Gasteiger partial charge in [0.05, 0.1) is 13.2 Å². The molecule has 0 spiro atoms. The number of methoxy groups -OCH3 is 1. The zero-order valence-electron chi connectivity index (χ0n) is 12.7. The Balaban J connectivity index is 2.54. The van der Waals surface area contributed by atoms with E-state index in [1.165, 1.54) is 12.0 Å². The van der Waals surface area contributed by atoms with E-state index >= 15 is 0 Å². The van der Waals surface area contributed by atoms with Gasteiger partial charge in [0, 0.05) is 13.0 Å². The first-order valence-electron chi connectivity index (χ1n) is 6.66. The van der Waals surface area contributed by atoms with Gasteiger partial charge in [0.2, 0.25) is 5.91 Å². The predicted octanol–water partition coefficient (Wildman–Crippen LogP) is -0.354. The fourth-order valence-corrected chi connectivity index (χ4v) is 2.01. The number of aliphatic hydroxyl groups is 1. The van der Waals surface area contributed by atoms with Crippen molar-refractivity contribution in [2.24, 2.45) is 0 Å². The number of ether oxygens (including phenoxy) is 2. The quantitative estimate of drug-likeness (QED) is 0.690. The van der Waals surface area contributed by atoms with Crippen LogP contribution in [0, 0.1) is 0 Å². The lowest BCUT2D eigenvalue weighted by atomic mass is 10.2. The van der Waals surface area contributed by atoms with E-state index in [0.717, 1.165) is 0 Å². The van der Waals surface area contributed by atoms with Crippen LogP contribution in [0.5, 0.6) is 0 Å². The van der Waals surface area contributed by atoms with Crippen LogP contribution in [0.4, 0.5) is 4.79 Å². The van der Waals surface area contributed by atoms with Crippen molar-refractivity contribution in [2.75, 3.05) is 20.2 Å². The third-order valence-electron chi connectivity index (χ3n) is 2.86. The molecule has 1 fully saturated rings. The lowest BCUT2D eigenvalue weighted by Crippen LogP contribution is -2.46. The molecule has 1 saturated heterocycles. The van der Waals surface area contributed by atoms with E-state index in [9.17, 15) is 19.5 Å². The SMILES string of the molecule is COC(=O)[C@@H]1CC(O)CN1C(=O)CNC(=O)OC(C)(C)C. The maximum absolute atomic E-state index is 12.0. The zero-order valence-corrected chi connectivity index (χ0v) is 12.7. The molecule has 0 aromatic carbocycles. The van der Waals surface area contributed by atoms with E-state index in [2.05, 4.69) is 10.1 Å². The van der Waals surface area contributed by atoms with Crippen LogP contribution >= 0.6 is 0 Å². The van der Waals surface area contributed by atoms with Gasteiger partial charge < -0.3 is 24.8 Å². The highest BCUT2D eigenvalue weighted by Gasteiger charge is 2.39. The summed E-state index contributed by atoms with van der Waals surface area (Å²) in [5.74, 6) is -1.06. The lowest BCUT2D eigenvalue weighted by molar-refractivity contribution is -0.150. The van der Waals surface area contributed by atoms with E-state index in [1.807, 2.05) is 0 Å². The number of likely N-dealkylation sites (tertiary alicyclic amines) is 1. The van der Waals surface area contributed by atoms with E-state index < -0.39 is 35.7 Å². The Hall–Kier alpha value is -1.83. The zero-order chi connectivity index (χ0) is 16.2. The Morgan fingerprint density at radius 3 is 2.48 bits per heavy atom. The average Bonchev–Trinajstić information content (AvgIpc) is 2.75. The second-order valence-electron chi connectivity index (χ2n) is 5.83. The Labute approximate surface area is 123 Å². The molecule has 0 aromatic rings. The number of rotatable bonds is 3. The first kappa shape index (κ1) is 17.2. The minimum absolute atomic E-state index is 0.0363. The molecule has 0 radical (unpaired) electrons. The largest absolute Gasteiger partial charge is 0.467 e. The highest BCUT2D eigenvalue weighted by atomic mass is 16.6. The molecule has 1 rings (SSSR count). The number of β-amino-alcohol motifs (C(OH)–C–C–N with tert-alkyl or cyclic N) is 1.